The number of anilines is 2. The van der Waals surface area contributed by atoms with Gasteiger partial charge in [0, 0.05) is 87.4 Å². The first-order valence-corrected chi connectivity index (χ1v) is 19.9. The van der Waals surface area contributed by atoms with Gasteiger partial charge in [-0.2, -0.15) is 10.2 Å². The number of ether oxygens (including phenoxy) is 1. The average molecular weight is 809 g/mol. The number of nitrogens with one attached hydrogen (secondary N) is 2. The van der Waals surface area contributed by atoms with Gasteiger partial charge in [-0.1, -0.05) is 0 Å². The number of alkyl halides is 4. The Bertz CT molecular complexity index is 2110. The molecule has 1 aromatic carbocycles. The summed E-state index contributed by atoms with van der Waals surface area (Å²) < 4.78 is 69.8. The summed E-state index contributed by atoms with van der Waals surface area (Å²) >= 11 is 0. The summed E-state index contributed by atoms with van der Waals surface area (Å²) in [5, 5.41) is 25.7. The summed E-state index contributed by atoms with van der Waals surface area (Å²) in [6.45, 7) is 8.39. The molecule has 4 aliphatic heterocycles. The number of nitrogens with zero attached hydrogens (tertiary/aromatic N) is 8. The SMILES string of the molecule is CC(=O)N1CCc2c(c(N3CCCc4cc(-c5cnn(C)c5)c(C(F)F)cc43)nn2C2CCN(C3CCN(C(=N)/C=C\C(=N)C(=O)OC(C)(C)C)CC3(F)F)CC2)C1. The van der Waals surface area contributed by atoms with Crippen LogP contribution in [0, 0.1) is 10.8 Å². The monoisotopic (exact) mass is 808 g/mol. The van der Waals surface area contributed by atoms with Crippen LogP contribution in [0.25, 0.3) is 11.1 Å². The highest BCUT2D eigenvalue weighted by Crippen LogP contribution is 2.44. The summed E-state index contributed by atoms with van der Waals surface area (Å²) in [4.78, 5) is 31.6. The van der Waals surface area contributed by atoms with Crippen molar-refractivity contribution >= 4 is 34.9 Å². The molecule has 0 bridgehead atoms. The van der Waals surface area contributed by atoms with E-state index in [-0.39, 0.29) is 36.3 Å². The highest BCUT2D eigenvalue weighted by Gasteiger charge is 2.48. The minimum atomic E-state index is -3.12. The summed E-state index contributed by atoms with van der Waals surface area (Å²) in [7, 11) is 1.75. The van der Waals surface area contributed by atoms with Crippen molar-refractivity contribution in [1.29, 1.82) is 10.8 Å². The lowest BCUT2D eigenvalue weighted by Crippen LogP contribution is -2.60. The maximum Gasteiger partial charge on any atom is 0.356 e. The fraction of sp³-hybridized carbons (Fsp3) is 0.561. The average Bonchev–Trinajstić information content (AvgIpc) is 3.78. The van der Waals surface area contributed by atoms with Crippen molar-refractivity contribution in [2.45, 2.75) is 103 Å². The molecule has 0 aliphatic carbocycles. The largest absolute Gasteiger partial charge is 0.455 e. The molecule has 13 nitrogen and oxygen atoms in total. The Morgan fingerprint density at radius 3 is 2.38 bits per heavy atom. The van der Waals surface area contributed by atoms with Gasteiger partial charge in [0.15, 0.2) is 5.82 Å². The first kappa shape index (κ1) is 41.1. The number of rotatable bonds is 8. The van der Waals surface area contributed by atoms with E-state index in [1.165, 1.54) is 17.9 Å². The first-order chi connectivity index (χ1) is 27.4. The van der Waals surface area contributed by atoms with Crippen molar-refractivity contribution in [1.82, 2.24) is 34.3 Å². The molecule has 6 heterocycles. The van der Waals surface area contributed by atoms with Crippen molar-refractivity contribution < 1.29 is 31.9 Å². The molecule has 0 radical (unpaired) electrons. The molecule has 1 atom stereocenters. The van der Waals surface area contributed by atoms with Crippen LogP contribution in [-0.4, -0.2) is 115 Å². The summed E-state index contributed by atoms with van der Waals surface area (Å²) in [6.07, 6.45) is 6.24. The van der Waals surface area contributed by atoms with Crippen molar-refractivity contribution in [3.05, 3.63) is 59.1 Å². The maximum absolute atomic E-state index is 15.8. The Morgan fingerprint density at radius 1 is 1.00 bits per heavy atom. The third kappa shape index (κ3) is 8.41. The number of carbonyl (C=O) groups excluding carboxylic acids is 2. The van der Waals surface area contributed by atoms with Crippen LogP contribution in [0.4, 0.5) is 29.1 Å². The number of aromatic nitrogens is 4. The van der Waals surface area contributed by atoms with Crippen LogP contribution < -0.4 is 4.90 Å². The lowest BCUT2D eigenvalue weighted by atomic mass is 9.92. The fourth-order valence-electron chi connectivity index (χ4n) is 8.77. The molecule has 58 heavy (non-hydrogen) atoms. The van der Waals surface area contributed by atoms with Crippen LogP contribution in [0.2, 0.25) is 0 Å². The van der Waals surface area contributed by atoms with Gasteiger partial charge in [-0.05, 0) is 88.3 Å². The molecule has 17 heteroatoms. The second kappa shape index (κ2) is 15.9. The standard InChI is InChI=1S/C41H52F4N10O3/c1-25(56)52-17-12-33-31(23-52)38(54-14-6-7-26-19-29(27-21-48-50(5)22-27)30(37(42)43)20-34(26)54)49-55(33)28-10-15-51(16-11-28)35-13-18-53(24-41(35,44)45)36(47)9-8-32(46)39(57)58-40(2,3)4/h8-9,19-22,28,35,37,46-47H,6-7,10-18,23-24H2,1-5H3/b9-8-,46-32?,47-36?. The second-order valence-electron chi connectivity index (χ2n) is 16.8. The Kier molecular flexibility index (Phi) is 11.3. The van der Waals surface area contributed by atoms with E-state index >= 15 is 8.78 Å². The van der Waals surface area contributed by atoms with E-state index in [0.29, 0.717) is 81.0 Å². The number of benzene rings is 1. The van der Waals surface area contributed by atoms with Gasteiger partial charge in [0.1, 0.15) is 17.1 Å². The van der Waals surface area contributed by atoms with E-state index in [9.17, 15) is 18.4 Å². The molecule has 3 aromatic rings. The number of amides is 1. The molecule has 1 amide bonds. The third-order valence-corrected chi connectivity index (χ3v) is 11.6. The van der Waals surface area contributed by atoms with Crippen LogP contribution in [-0.2, 0) is 40.8 Å². The Morgan fingerprint density at radius 2 is 1.74 bits per heavy atom. The van der Waals surface area contributed by atoms with Gasteiger partial charge in [0.05, 0.1) is 31.4 Å². The molecule has 1 unspecified atom stereocenters. The van der Waals surface area contributed by atoms with Crippen LogP contribution >= 0.6 is 0 Å². The molecule has 7 rings (SSSR count). The predicted molar refractivity (Wildman–Crippen MR) is 211 cm³/mol. The number of amidine groups is 1. The zero-order valence-corrected chi connectivity index (χ0v) is 33.7. The molecule has 0 spiro atoms. The number of hydrogen-bond donors (Lipinski definition) is 2. The number of aryl methyl sites for hydroxylation is 2. The van der Waals surface area contributed by atoms with Crippen molar-refractivity contribution in [2.24, 2.45) is 7.05 Å². The molecular weight excluding hydrogens is 757 g/mol. The predicted octanol–water partition coefficient (Wildman–Crippen LogP) is 6.45. The minimum Gasteiger partial charge on any atom is -0.455 e. The Balaban J connectivity index is 1.08. The lowest BCUT2D eigenvalue weighted by Gasteiger charge is -2.46. The van der Waals surface area contributed by atoms with Crippen molar-refractivity contribution in [3.8, 4) is 11.1 Å². The number of piperidine rings is 2. The van der Waals surface area contributed by atoms with Crippen LogP contribution in [0.15, 0.2) is 36.7 Å². The fourth-order valence-corrected chi connectivity index (χ4v) is 8.77. The van der Waals surface area contributed by atoms with Crippen LogP contribution in [0.1, 0.15) is 88.2 Å². The van der Waals surface area contributed by atoms with E-state index in [1.807, 2.05) is 20.5 Å². The molecule has 2 fully saturated rings. The Hall–Kier alpha value is -5.06. The number of carbonyl (C=O) groups is 2. The summed E-state index contributed by atoms with van der Waals surface area (Å²) in [5.74, 6) is -3.59. The normalized spacial score (nSPS) is 20.4. The van der Waals surface area contributed by atoms with Crippen molar-refractivity contribution in [3.63, 3.8) is 0 Å². The van der Waals surface area contributed by atoms with E-state index in [2.05, 4.69) is 5.10 Å². The van der Waals surface area contributed by atoms with Gasteiger partial charge >= 0.3 is 5.97 Å². The molecule has 4 aliphatic rings. The summed E-state index contributed by atoms with van der Waals surface area (Å²) in [5.41, 5.74) is 3.22. The number of halogens is 4. The highest BCUT2D eigenvalue weighted by molar-refractivity contribution is 6.40. The van der Waals surface area contributed by atoms with E-state index in [4.69, 9.17) is 20.7 Å². The maximum atomic E-state index is 15.8. The topological polar surface area (TPSA) is 140 Å². The molecular formula is C41H52F4N10O3. The molecule has 2 aromatic heterocycles. The smallest absolute Gasteiger partial charge is 0.356 e. The van der Waals surface area contributed by atoms with E-state index < -0.39 is 42.2 Å². The van der Waals surface area contributed by atoms with Gasteiger partial charge in [0.2, 0.25) is 5.91 Å². The zero-order chi connectivity index (χ0) is 41.7. The number of esters is 1. The zero-order valence-electron chi connectivity index (χ0n) is 33.7. The van der Waals surface area contributed by atoms with Crippen molar-refractivity contribution in [2.75, 3.05) is 44.2 Å². The minimum absolute atomic E-state index is 0.0591. The first-order valence-electron chi connectivity index (χ1n) is 19.9. The van der Waals surface area contributed by atoms with Crippen LogP contribution in [0.5, 0.6) is 0 Å². The molecule has 0 saturated carbocycles. The van der Waals surface area contributed by atoms with Crippen LogP contribution in [0.3, 0.4) is 0 Å². The van der Waals surface area contributed by atoms with Gasteiger partial charge in [0.25, 0.3) is 12.3 Å². The lowest BCUT2D eigenvalue weighted by molar-refractivity contribution is -0.146. The molecule has 2 saturated heterocycles. The second-order valence-corrected chi connectivity index (χ2v) is 16.8. The third-order valence-electron chi connectivity index (χ3n) is 11.6. The van der Waals surface area contributed by atoms with E-state index in [1.54, 1.807) is 55.9 Å². The van der Waals surface area contributed by atoms with Gasteiger partial charge in [-0.3, -0.25) is 29.9 Å². The molecule has 2 N–H and O–H groups in total. The Labute approximate surface area is 335 Å². The summed E-state index contributed by atoms with van der Waals surface area (Å²) in [6, 6.07) is 2.33. The highest BCUT2D eigenvalue weighted by atomic mass is 19.3. The van der Waals surface area contributed by atoms with E-state index in [0.717, 1.165) is 29.3 Å². The number of hydrogen-bond acceptors (Lipinski definition) is 9. The van der Waals surface area contributed by atoms with Gasteiger partial charge in [-0.15, -0.1) is 0 Å². The van der Waals surface area contributed by atoms with Gasteiger partial charge < -0.3 is 19.4 Å². The number of fused-ring (bicyclic) bond motifs is 2. The quantitative estimate of drug-likeness (QED) is 0.115. The van der Waals surface area contributed by atoms with Gasteiger partial charge in [-0.25, -0.2) is 22.4 Å². The molecule has 312 valence electrons. The number of likely N-dealkylation sites (tertiary alicyclic amines) is 2.